The third kappa shape index (κ3) is 3.82. The summed E-state index contributed by atoms with van der Waals surface area (Å²) in [7, 11) is 0. The molecule has 0 spiro atoms. The fourth-order valence-corrected chi connectivity index (χ4v) is 5.71. The molecule has 40 heavy (non-hydrogen) atoms. The summed E-state index contributed by atoms with van der Waals surface area (Å²) in [5.74, 6) is -0.881. The van der Waals surface area contributed by atoms with Crippen molar-refractivity contribution in [2.45, 2.75) is 19.4 Å². The summed E-state index contributed by atoms with van der Waals surface area (Å²) in [4.78, 5) is 26.8. The predicted octanol–water partition coefficient (Wildman–Crippen LogP) is 5.47. The molecule has 0 radical (unpaired) electrons. The van der Waals surface area contributed by atoms with Crippen LogP contribution in [0.3, 0.4) is 0 Å². The normalized spacial score (nSPS) is 13.7. The number of carbonyl (C=O) groups excluding carboxylic acids is 2. The Morgan fingerprint density at radius 1 is 0.725 bits per heavy atom. The van der Waals surface area contributed by atoms with Gasteiger partial charge in [0.25, 0.3) is 11.8 Å². The highest BCUT2D eigenvalue weighted by molar-refractivity contribution is 6.50. The van der Waals surface area contributed by atoms with Gasteiger partial charge in [-0.3, -0.25) is 19.6 Å². The molecule has 196 valence electrons. The van der Waals surface area contributed by atoms with E-state index in [1.807, 2.05) is 71.5 Å². The van der Waals surface area contributed by atoms with E-state index in [9.17, 15) is 14.7 Å². The van der Waals surface area contributed by atoms with Crippen LogP contribution in [-0.4, -0.2) is 37.9 Å². The predicted molar refractivity (Wildman–Crippen MR) is 157 cm³/mol. The number of nitrogens with zero attached hydrogens (tertiary/aromatic N) is 3. The monoisotopic (exact) mass is 526 g/mol. The zero-order chi connectivity index (χ0) is 27.2. The number of aliphatic hydroxyl groups is 1. The molecule has 6 aromatic rings. The minimum atomic E-state index is -0.451. The summed E-state index contributed by atoms with van der Waals surface area (Å²) >= 11 is 0. The number of imide groups is 1. The Morgan fingerprint density at radius 2 is 1.43 bits per heavy atom. The Hall–Kier alpha value is -5.01. The second-order valence-corrected chi connectivity index (χ2v) is 10.0. The van der Waals surface area contributed by atoms with Gasteiger partial charge in [-0.1, -0.05) is 66.7 Å². The lowest BCUT2D eigenvalue weighted by Gasteiger charge is -2.07. The molecule has 2 amide bonds. The van der Waals surface area contributed by atoms with Gasteiger partial charge in [0.1, 0.15) is 5.69 Å². The molecule has 4 aromatic carbocycles. The number of aryl methyl sites for hydroxylation is 1. The Balaban J connectivity index is 1.46. The van der Waals surface area contributed by atoms with Gasteiger partial charge in [0.15, 0.2) is 0 Å². The van der Waals surface area contributed by atoms with Gasteiger partial charge in [-0.15, -0.1) is 0 Å². The number of aliphatic hydroxyl groups excluding tert-OH is 1. The topological polar surface area (TPSA) is 89.2 Å². The van der Waals surface area contributed by atoms with Crippen molar-refractivity contribution in [2.24, 2.45) is 0 Å². The van der Waals surface area contributed by atoms with E-state index < -0.39 is 11.8 Å². The standard InChI is InChI=1S/C33H26N4O3/c38-18-8-7-17-37-28-14-6-4-12-25(28)31(35-37)30-29(32(39)34-33(30)40)26-20-36(27-13-5-3-11-24(26)27)23-16-15-21-9-1-2-10-22(21)19-23/h1-6,9-16,19-20,38H,7-8,17-18H2,(H,34,39,40). The average Bonchev–Trinajstić information content (AvgIpc) is 3.63. The number of fused-ring (bicyclic) bond motifs is 3. The highest BCUT2D eigenvalue weighted by atomic mass is 16.3. The SMILES string of the molecule is O=C1NC(=O)C(c2nn(CCCCO)c3ccccc23)=C1c1cn(-c2ccc3ccccc3c2)c2ccccc12. The molecule has 3 heterocycles. The quantitative estimate of drug-likeness (QED) is 0.213. The Kier molecular flexibility index (Phi) is 5.79. The lowest BCUT2D eigenvalue weighted by molar-refractivity contribution is -0.122. The van der Waals surface area contributed by atoms with Crippen molar-refractivity contribution in [1.29, 1.82) is 0 Å². The first-order valence-electron chi connectivity index (χ1n) is 13.4. The summed E-state index contributed by atoms with van der Waals surface area (Å²) in [5.41, 5.74) is 4.56. The summed E-state index contributed by atoms with van der Waals surface area (Å²) in [6.45, 7) is 0.708. The third-order valence-electron chi connectivity index (χ3n) is 7.60. The molecule has 7 rings (SSSR count). The minimum absolute atomic E-state index is 0.111. The highest BCUT2D eigenvalue weighted by Crippen LogP contribution is 2.39. The summed E-state index contributed by atoms with van der Waals surface area (Å²) in [6, 6.07) is 30.1. The Morgan fingerprint density at radius 3 is 2.25 bits per heavy atom. The maximum atomic E-state index is 13.4. The van der Waals surface area contributed by atoms with Gasteiger partial charge < -0.3 is 9.67 Å². The van der Waals surface area contributed by atoms with Crippen molar-refractivity contribution < 1.29 is 14.7 Å². The number of hydrogen-bond acceptors (Lipinski definition) is 4. The van der Waals surface area contributed by atoms with Crippen LogP contribution in [0.2, 0.25) is 0 Å². The van der Waals surface area contributed by atoms with Gasteiger partial charge in [-0.25, -0.2) is 0 Å². The van der Waals surface area contributed by atoms with E-state index in [2.05, 4.69) is 40.2 Å². The van der Waals surface area contributed by atoms with Crippen LogP contribution in [0.25, 0.3) is 49.4 Å². The molecular weight excluding hydrogens is 500 g/mol. The van der Waals surface area contributed by atoms with Crippen molar-refractivity contribution in [2.75, 3.05) is 6.61 Å². The van der Waals surface area contributed by atoms with Crippen LogP contribution in [0.5, 0.6) is 0 Å². The van der Waals surface area contributed by atoms with Gasteiger partial charge in [0, 0.05) is 41.4 Å². The maximum absolute atomic E-state index is 13.4. The van der Waals surface area contributed by atoms with E-state index in [0.717, 1.165) is 44.7 Å². The number of amides is 2. The smallest absolute Gasteiger partial charge is 0.261 e. The molecule has 0 saturated carbocycles. The van der Waals surface area contributed by atoms with Gasteiger partial charge in [-0.05, 0) is 47.9 Å². The summed E-state index contributed by atoms with van der Waals surface area (Å²) < 4.78 is 3.93. The molecule has 2 aromatic heterocycles. The van der Waals surface area contributed by atoms with E-state index in [4.69, 9.17) is 5.10 Å². The van der Waals surface area contributed by atoms with E-state index in [-0.39, 0.29) is 12.2 Å². The lowest BCUT2D eigenvalue weighted by atomic mass is 9.97. The Labute approximate surface area is 230 Å². The molecule has 7 heteroatoms. The molecule has 1 aliphatic heterocycles. The van der Waals surface area contributed by atoms with Crippen molar-refractivity contribution in [3.63, 3.8) is 0 Å². The number of benzene rings is 4. The fraction of sp³-hybridized carbons (Fsp3) is 0.121. The van der Waals surface area contributed by atoms with Crippen LogP contribution >= 0.6 is 0 Å². The largest absolute Gasteiger partial charge is 0.396 e. The number of aromatic nitrogens is 3. The molecular formula is C33H26N4O3. The van der Waals surface area contributed by atoms with Crippen LogP contribution in [-0.2, 0) is 16.1 Å². The number of rotatable bonds is 7. The molecule has 0 unspecified atom stereocenters. The Bertz CT molecular complexity index is 2000. The lowest BCUT2D eigenvalue weighted by Crippen LogP contribution is -2.22. The molecule has 0 bridgehead atoms. The second-order valence-electron chi connectivity index (χ2n) is 10.0. The second kappa shape index (κ2) is 9.63. The molecule has 0 fully saturated rings. The van der Waals surface area contributed by atoms with Crippen molar-refractivity contribution in [3.05, 3.63) is 108 Å². The first kappa shape index (κ1) is 24.1. The van der Waals surface area contributed by atoms with Crippen LogP contribution in [0.15, 0.2) is 97.2 Å². The van der Waals surface area contributed by atoms with Gasteiger partial charge in [0.2, 0.25) is 0 Å². The van der Waals surface area contributed by atoms with Crippen LogP contribution in [0.4, 0.5) is 0 Å². The summed E-state index contributed by atoms with van der Waals surface area (Å²) in [5, 5.41) is 20.6. The number of hydrogen-bond donors (Lipinski definition) is 2. The van der Waals surface area contributed by atoms with Gasteiger partial charge >= 0.3 is 0 Å². The molecule has 0 saturated heterocycles. The molecule has 7 nitrogen and oxygen atoms in total. The van der Waals surface area contributed by atoms with Gasteiger partial charge in [-0.2, -0.15) is 5.10 Å². The zero-order valence-electron chi connectivity index (χ0n) is 21.7. The molecule has 0 atom stereocenters. The van der Waals surface area contributed by atoms with E-state index >= 15 is 0 Å². The van der Waals surface area contributed by atoms with Crippen molar-refractivity contribution >= 4 is 55.5 Å². The van der Waals surface area contributed by atoms with Crippen molar-refractivity contribution in [1.82, 2.24) is 19.7 Å². The molecule has 1 aliphatic rings. The van der Waals surface area contributed by atoms with Crippen LogP contribution in [0.1, 0.15) is 24.1 Å². The first-order valence-corrected chi connectivity index (χ1v) is 13.4. The van der Waals surface area contributed by atoms with Crippen molar-refractivity contribution in [3.8, 4) is 5.69 Å². The van der Waals surface area contributed by atoms with E-state index in [1.165, 1.54) is 0 Å². The minimum Gasteiger partial charge on any atom is -0.396 e. The molecule has 0 aliphatic carbocycles. The average molecular weight is 527 g/mol. The summed E-state index contributed by atoms with van der Waals surface area (Å²) in [6.07, 6.45) is 3.35. The maximum Gasteiger partial charge on any atom is 0.261 e. The van der Waals surface area contributed by atoms with E-state index in [1.54, 1.807) is 0 Å². The fourth-order valence-electron chi connectivity index (χ4n) is 5.71. The van der Waals surface area contributed by atoms with Crippen LogP contribution in [0, 0.1) is 0 Å². The van der Waals surface area contributed by atoms with Gasteiger partial charge in [0.05, 0.1) is 22.2 Å². The number of para-hydroxylation sites is 2. The third-order valence-corrected chi connectivity index (χ3v) is 7.60. The molecule has 2 N–H and O–H groups in total. The number of carbonyl (C=O) groups is 2. The number of nitrogens with one attached hydrogen (secondary N) is 1. The first-order chi connectivity index (χ1) is 19.6. The highest BCUT2D eigenvalue weighted by Gasteiger charge is 2.36. The van der Waals surface area contributed by atoms with E-state index in [0.29, 0.717) is 29.8 Å². The number of unbranched alkanes of at least 4 members (excludes halogenated alkanes) is 1. The zero-order valence-corrected chi connectivity index (χ0v) is 21.7. The van der Waals surface area contributed by atoms with Crippen LogP contribution < -0.4 is 5.32 Å².